The van der Waals surface area contributed by atoms with E-state index >= 15 is 0 Å². The molecule has 0 amide bonds. The fourth-order valence-electron chi connectivity index (χ4n) is 4.82. The Morgan fingerprint density at radius 2 is 1.35 bits per heavy atom. The van der Waals surface area contributed by atoms with E-state index in [9.17, 15) is 0 Å². The number of aryl methyl sites for hydroxylation is 2. The van der Waals surface area contributed by atoms with E-state index in [4.69, 9.17) is 0 Å². The molecule has 0 radical (unpaired) electrons. The van der Waals surface area contributed by atoms with Crippen LogP contribution in [-0.2, 0) is 5.54 Å². The largest absolute Gasteiger partial charge is 0.376 e. The molecule has 0 fully saturated rings. The van der Waals surface area contributed by atoms with Crippen LogP contribution < -0.4 is 5.32 Å². The normalized spacial score (nSPS) is 11.9. The molecule has 0 unspecified atom stereocenters. The van der Waals surface area contributed by atoms with Crippen LogP contribution in [0.3, 0.4) is 0 Å². The maximum atomic E-state index is 3.82. The van der Waals surface area contributed by atoms with Crippen LogP contribution in [0.15, 0.2) is 103 Å². The van der Waals surface area contributed by atoms with Crippen molar-refractivity contribution in [1.82, 2.24) is 0 Å². The summed E-state index contributed by atoms with van der Waals surface area (Å²) in [5, 5.41) is 3.82. The molecule has 34 heavy (non-hydrogen) atoms. The molecule has 0 spiro atoms. The molecule has 1 N–H and O–H groups in total. The first-order valence-electron chi connectivity index (χ1n) is 12.3. The van der Waals surface area contributed by atoms with Crippen molar-refractivity contribution in [2.45, 2.75) is 46.1 Å². The fraction of sp³-hybridized carbons (Fsp3) is 0.212. The van der Waals surface area contributed by atoms with Crippen molar-refractivity contribution in [3.8, 4) is 0 Å². The average Bonchev–Trinajstić information content (AvgIpc) is 2.88. The molecule has 0 aromatic heterocycles. The van der Waals surface area contributed by atoms with Crippen LogP contribution in [-0.4, -0.2) is 0 Å². The molecule has 0 aliphatic heterocycles. The van der Waals surface area contributed by atoms with E-state index in [0.717, 1.165) is 18.5 Å². The second kappa shape index (κ2) is 10.6. The van der Waals surface area contributed by atoms with Crippen LogP contribution in [0, 0.1) is 13.8 Å². The van der Waals surface area contributed by atoms with Gasteiger partial charge in [-0.3, -0.25) is 0 Å². The van der Waals surface area contributed by atoms with Gasteiger partial charge in [-0.1, -0.05) is 110 Å². The molecule has 1 heteroatoms. The zero-order valence-corrected chi connectivity index (χ0v) is 20.8. The Balaban J connectivity index is 1.72. The van der Waals surface area contributed by atoms with Crippen molar-refractivity contribution in [2.24, 2.45) is 0 Å². The molecule has 4 rings (SSSR count). The van der Waals surface area contributed by atoms with Crippen molar-refractivity contribution in [2.75, 3.05) is 5.32 Å². The number of benzene rings is 4. The molecular weight excluding hydrogens is 410 g/mol. The van der Waals surface area contributed by atoms with E-state index in [-0.39, 0.29) is 5.54 Å². The predicted octanol–water partition coefficient (Wildman–Crippen LogP) is 9.02. The van der Waals surface area contributed by atoms with E-state index in [1.54, 1.807) is 0 Å². The number of rotatable bonds is 8. The predicted molar refractivity (Wildman–Crippen MR) is 148 cm³/mol. The minimum absolute atomic E-state index is 0.0839. The molecular formula is C33H35N. The van der Waals surface area contributed by atoms with Gasteiger partial charge in [0, 0.05) is 5.69 Å². The zero-order valence-electron chi connectivity index (χ0n) is 20.8. The Bertz CT molecular complexity index is 1230. The van der Waals surface area contributed by atoms with Gasteiger partial charge in [0.1, 0.15) is 0 Å². The molecule has 0 aliphatic carbocycles. The first-order valence-corrected chi connectivity index (χ1v) is 12.3. The van der Waals surface area contributed by atoms with Gasteiger partial charge >= 0.3 is 0 Å². The zero-order chi connectivity index (χ0) is 24.0. The van der Waals surface area contributed by atoms with Gasteiger partial charge in [-0.05, 0) is 78.3 Å². The van der Waals surface area contributed by atoms with E-state index in [1.807, 2.05) is 0 Å². The van der Waals surface area contributed by atoms with Crippen LogP contribution in [0.5, 0.6) is 0 Å². The smallest absolute Gasteiger partial charge is 0.0620 e. The second-order valence-corrected chi connectivity index (χ2v) is 9.14. The quantitative estimate of drug-likeness (QED) is 0.267. The third-order valence-corrected chi connectivity index (χ3v) is 6.90. The van der Waals surface area contributed by atoms with Crippen LogP contribution in [0.1, 0.15) is 60.1 Å². The lowest BCUT2D eigenvalue weighted by Gasteiger charge is -2.35. The monoisotopic (exact) mass is 445 g/mol. The van der Waals surface area contributed by atoms with Gasteiger partial charge in [-0.25, -0.2) is 0 Å². The first kappa shape index (κ1) is 23.6. The van der Waals surface area contributed by atoms with E-state index in [0.29, 0.717) is 0 Å². The van der Waals surface area contributed by atoms with Gasteiger partial charge < -0.3 is 5.32 Å². The van der Waals surface area contributed by atoms with Gasteiger partial charge in [0.05, 0.1) is 5.54 Å². The summed E-state index contributed by atoms with van der Waals surface area (Å²) in [6.45, 7) is 8.88. The third kappa shape index (κ3) is 5.15. The molecule has 172 valence electrons. The summed E-state index contributed by atoms with van der Waals surface area (Å²) in [7, 11) is 0. The van der Waals surface area contributed by atoms with Crippen molar-refractivity contribution >= 4 is 17.3 Å². The number of anilines is 1. The lowest BCUT2D eigenvalue weighted by molar-refractivity contribution is 0.455. The number of para-hydroxylation sites is 1. The Kier molecular flexibility index (Phi) is 7.33. The minimum Gasteiger partial charge on any atom is -0.376 e. The van der Waals surface area contributed by atoms with Crippen LogP contribution in [0.4, 0.5) is 5.69 Å². The number of hydrogen-bond acceptors (Lipinski definition) is 1. The summed E-state index contributed by atoms with van der Waals surface area (Å²) in [4.78, 5) is 0. The highest BCUT2D eigenvalue weighted by molar-refractivity contribution is 5.92. The van der Waals surface area contributed by atoms with Crippen molar-refractivity contribution in [3.63, 3.8) is 0 Å². The molecule has 1 nitrogen and oxygen atoms in total. The Hall–Kier alpha value is -3.58. The summed E-state index contributed by atoms with van der Waals surface area (Å²) in [5.41, 5.74) is 9.98. The van der Waals surface area contributed by atoms with Crippen LogP contribution >= 0.6 is 0 Å². The lowest BCUT2D eigenvalue weighted by Crippen LogP contribution is -2.34. The van der Waals surface area contributed by atoms with Crippen LogP contribution in [0.2, 0.25) is 0 Å². The van der Waals surface area contributed by atoms with Crippen molar-refractivity contribution < 1.29 is 0 Å². The molecule has 0 bridgehead atoms. The van der Waals surface area contributed by atoms with Crippen molar-refractivity contribution in [3.05, 3.63) is 137 Å². The van der Waals surface area contributed by atoms with E-state index < -0.39 is 0 Å². The summed E-state index contributed by atoms with van der Waals surface area (Å²) in [5.74, 6) is 0. The molecule has 0 aliphatic rings. The Labute approximate surface area is 205 Å². The highest BCUT2D eigenvalue weighted by Gasteiger charge is 2.28. The highest BCUT2D eigenvalue weighted by atomic mass is 15.0. The first-order chi connectivity index (χ1) is 16.5. The second-order valence-electron chi connectivity index (χ2n) is 9.14. The third-order valence-electron chi connectivity index (χ3n) is 6.90. The Morgan fingerprint density at radius 3 is 1.94 bits per heavy atom. The van der Waals surface area contributed by atoms with Gasteiger partial charge in [0.2, 0.25) is 0 Å². The van der Waals surface area contributed by atoms with Gasteiger partial charge in [-0.15, -0.1) is 0 Å². The lowest BCUT2D eigenvalue weighted by atomic mass is 9.83. The maximum Gasteiger partial charge on any atom is 0.0620 e. The molecule has 0 saturated heterocycles. The molecule has 4 aromatic carbocycles. The summed E-state index contributed by atoms with van der Waals surface area (Å²) < 4.78 is 0. The number of nitrogens with one attached hydrogen (secondary N) is 1. The van der Waals surface area contributed by atoms with Crippen LogP contribution in [0.25, 0.3) is 11.6 Å². The van der Waals surface area contributed by atoms with Crippen molar-refractivity contribution in [1.29, 1.82) is 0 Å². The van der Waals surface area contributed by atoms with Gasteiger partial charge in [0.25, 0.3) is 0 Å². The Morgan fingerprint density at radius 1 is 0.735 bits per heavy atom. The fourth-order valence-corrected chi connectivity index (χ4v) is 4.82. The molecule has 0 atom stereocenters. The number of hydrogen-bond donors (Lipinski definition) is 1. The van der Waals surface area contributed by atoms with Gasteiger partial charge in [-0.2, -0.15) is 0 Å². The van der Waals surface area contributed by atoms with Gasteiger partial charge in [0.15, 0.2) is 0 Å². The van der Waals surface area contributed by atoms with E-state index in [1.165, 1.54) is 39.0 Å². The summed E-state index contributed by atoms with van der Waals surface area (Å²) >= 11 is 0. The SMILES string of the molecule is CCC(CC)(Nc1ccccc1)c1ccc(C=C(c2ccccc2)c2ccc(C)cc2C)cc1. The summed E-state index contributed by atoms with van der Waals surface area (Å²) in [6.07, 6.45) is 4.36. The molecule has 0 heterocycles. The molecule has 4 aromatic rings. The topological polar surface area (TPSA) is 12.0 Å². The minimum atomic E-state index is -0.0839. The highest BCUT2D eigenvalue weighted by Crippen LogP contribution is 2.34. The molecule has 0 saturated carbocycles. The standard InChI is InChI=1S/C33H35N/c1-5-33(6-2,34-30-15-11-8-12-16-30)29-20-18-27(19-21-29)24-32(28-13-9-7-10-14-28)31-22-17-25(3)23-26(31)4/h7-24,34H,5-6H2,1-4H3. The summed E-state index contributed by atoms with van der Waals surface area (Å²) in [6, 6.07) is 37.0. The van der Waals surface area contributed by atoms with E-state index in [2.05, 4.69) is 142 Å². The maximum absolute atomic E-state index is 3.82. The average molecular weight is 446 g/mol.